The van der Waals surface area contributed by atoms with E-state index >= 15 is 0 Å². The third-order valence-electron chi connectivity index (χ3n) is 5.22. The van der Waals surface area contributed by atoms with Gasteiger partial charge >= 0.3 is 0 Å². The van der Waals surface area contributed by atoms with Gasteiger partial charge in [0.05, 0.1) is 13.2 Å². The van der Waals surface area contributed by atoms with Crippen LogP contribution in [0.5, 0.6) is 0 Å². The van der Waals surface area contributed by atoms with Crippen molar-refractivity contribution in [2.75, 3.05) is 57.5 Å². The van der Waals surface area contributed by atoms with E-state index in [9.17, 15) is 8.78 Å². The molecule has 6 nitrogen and oxygen atoms in total. The molecule has 162 valence electrons. The lowest BCUT2D eigenvalue weighted by Gasteiger charge is -2.21. The maximum Gasteiger partial charge on any atom is 0.191 e. The lowest BCUT2D eigenvalue weighted by atomic mass is 10.1. The first-order chi connectivity index (χ1) is 14.2. The first kappa shape index (κ1) is 21.8. The molecule has 0 bridgehead atoms. The number of nitrogens with one attached hydrogen (secondary N) is 2. The second kappa shape index (κ2) is 11.3. The van der Waals surface area contributed by atoms with Crippen molar-refractivity contribution in [1.29, 1.82) is 0 Å². The molecule has 0 amide bonds. The van der Waals surface area contributed by atoms with Crippen molar-refractivity contribution in [2.24, 2.45) is 10.9 Å². The van der Waals surface area contributed by atoms with E-state index in [-0.39, 0.29) is 11.7 Å². The van der Waals surface area contributed by atoms with Crippen LogP contribution in [0.25, 0.3) is 0 Å². The molecule has 1 aromatic rings. The Morgan fingerprint density at radius 1 is 1.31 bits per heavy atom. The summed E-state index contributed by atoms with van der Waals surface area (Å²) in [5.74, 6) is 0.227. The van der Waals surface area contributed by atoms with Crippen molar-refractivity contribution in [2.45, 2.75) is 32.2 Å². The molecule has 2 fully saturated rings. The predicted octanol–water partition coefficient (Wildman–Crippen LogP) is 2.54. The molecule has 2 heterocycles. The van der Waals surface area contributed by atoms with E-state index in [1.54, 1.807) is 4.90 Å². The van der Waals surface area contributed by atoms with Gasteiger partial charge < -0.3 is 25.0 Å². The summed E-state index contributed by atoms with van der Waals surface area (Å²) in [5.41, 5.74) is 0.0588. The molecule has 0 saturated carbocycles. The Hall–Kier alpha value is -1.93. The molecule has 0 aromatic heterocycles. The molecule has 0 spiro atoms. The topological polar surface area (TPSA) is 58.1 Å². The second-order valence-corrected chi connectivity index (χ2v) is 7.56. The number of hydrogen-bond donors (Lipinski definition) is 2. The molecule has 2 atom stereocenters. The third-order valence-corrected chi connectivity index (χ3v) is 5.22. The molecule has 3 rings (SSSR count). The highest BCUT2D eigenvalue weighted by Gasteiger charge is 2.27. The largest absolute Gasteiger partial charge is 0.381 e. The number of rotatable bonds is 9. The quantitative estimate of drug-likeness (QED) is 0.372. The van der Waals surface area contributed by atoms with Gasteiger partial charge in [0.2, 0.25) is 0 Å². The predicted molar refractivity (Wildman–Crippen MR) is 110 cm³/mol. The minimum Gasteiger partial charge on any atom is -0.381 e. The molecule has 29 heavy (non-hydrogen) atoms. The van der Waals surface area contributed by atoms with Crippen LogP contribution >= 0.6 is 0 Å². The van der Waals surface area contributed by atoms with E-state index in [1.165, 1.54) is 18.2 Å². The number of benzene rings is 1. The Morgan fingerprint density at radius 3 is 2.86 bits per heavy atom. The molecule has 1 aromatic carbocycles. The van der Waals surface area contributed by atoms with Gasteiger partial charge in [0.25, 0.3) is 0 Å². The van der Waals surface area contributed by atoms with Gasteiger partial charge in [0, 0.05) is 51.4 Å². The number of halogens is 2. The summed E-state index contributed by atoms with van der Waals surface area (Å²) in [5, 5.41) is 6.62. The summed E-state index contributed by atoms with van der Waals surface area (Å²) in [6, 6.07) is 4.07. The Kier molecular flexibility index (Phi) is 8.49. The molecular weight excluding hydrogens is 378 g/mol. The number of hydrogen-bond acceptors (Lipinski definition) is 4. The Morgan fingerprint density at radius 2 is 2.14 bits per heavy atom. The van der Waals surface area contributed by atoms with Gasteiger partial charge in [-0.1, -0.05) is 6.07 Å². The van der Waals surface area contributed by atoms with E-state index in [0.717, 1.165) is 51.6 Å². The minimum atomic E-state index is -0.518. The molecule has 0 radical (unpaired) electrons. The van der Waals surface area contributed by atoms with Crippen LogP contribution in [0.1, 0.15) is 26.2 Å². The fraction of sp³-hybridized carbons (Fsp3) is 0.667. The number of guanidine groups is 1. The zero-order chi connectivity index (χ0) is 20.5. The van der Waals surface area contributed by atoms with E-state index in [4.69, 9.17) is 9.47 Å². The summed E-state index contributed by atoms with van der Waals surface area (Å²) in [4.78, 5) is 6.36. The maximum atomic E-state index is 14.0. The monoisotopic (exact) mass is 410 g/mol. The van der Waals surface area contributed by atoms with Gasteiger partial charge in [0.1, 0.15) is 17.3 Å². The zero-order valence-electron chi connectivity index (χ0n) is 17.1. The molecule has 8 heteroatoms. The minimum absolute atomic E-state index is 0.0588. The highest BCUT2D eigenvalue weighted by atomic mass is 19.1. The average molecular weight is 411 g/mol. The first-order valence-corrected chi connectivity index (χ1v) is 10.6. The Balaban J connectivity index is 1.42. The fourth-order valence-corrected chi connectivity index (χ4v) is 3.71. The normalized spacial score (nSPS) is 22.3. The molecule has 2 aliphatic heterocycles. The molecule has 2 N–H and O–H groups in total. The van der Waals surface area contributed by atoms with E-state index in [2.05, 4.69) is 15.6 Å². The van der Waals surface area contributed by atoms with Crippen LogP contribution < -0.4 is 15.5 Å². The highest BCUT2D eigenvalue weighted by molar-refractivity contribution is 5.80. The number of aliphatic imine (C=N–C) groups is 1. The highest BCUT2D eigenvalue weighted by Crippen LogP contribution is 2.26. The van der Waals surface area contributed by atoms with Crippen molar-refractivity contribution in [3.05, 3.63) is 29.8 Å². The number of ether oxygens (including phenoxy) is 2. The van der Waals surface area contributed by atoms with Crippen LogP contribution in [0.3, 0.4) is 0 Å². The smallest absolute Gasteiger partial charge is 0.191 e. The molecule has 0 aliphatic carbocycles. The van der Waals surface area contributed by atoms with Crippen molar-refractivity contribution >= 4 is 11.6 Å². The number of nitrogens with zero attached hydrogens (tertiary/aromatic N) is 2. The van der Waals surface area contributed by atoms with Crippen molar-refractivity contribution in [1.82, 2.24) is 10.6 Å². The van der Waals surface area contributed by atoms with Crippen molar-refractivity contribution < 1.29 is 18.3 Å². The van der Waals surface area contributed by atoms with Crippen molar-refractivity contribution in [3.8, 4) is 0 Å². The number of anilines is 1. The van der Waals surface area contributed by atoms with Gasteiger partial charge in [0.15, 0.2) is 5.96 Å². The fourth-order valence-electron chi connectivity index (χ4n) is 3.71. The third kappa shape index (κ3) is 6.54. The van der Waals surface area contributed by atoms with Crippen LogP contribution in [-0.4, -0.2) is 64.6 Å². The van der Waals surface area contributed by atoms with E-state index < -0.39 is 11.6 Å². The van der Waals surface area contributed by atoms with E-state index in [0.29, 0.717) is 32.2 Å². The summed E-state index contributed by atoms with van der Waals surface area (Å²) in [6.45, 7) is 7.66. The van der Waals surface area contributed by atoms with Crippen LogP contribution in [0.4, 0.5) is 14.5 Å². The SMILES string of the molecule is CCNC(=NCCCOCC1CCOC1)NC1CCN(c2c(F)cccc2F)C1. The second-order valence-electron chi connectivity index (χ2n) is 7.56. The van der Waals surface area contributed by atoms with Gasteiger partial charge in [-0.25, -0.2) is 8.78 Å². The summed E-state index contributed by atoms with van der Waals surface area (Å²) in [6.07, 6.45) is 2.73. The van der Waals surface area contributed by atoms with Crippen LogP contribution in [0.2, 0.25) is 0 Å². The van der Waals surface area contributed by atoms with Crippen molar-refractivity contribution in [3.63, 3.8) is 0 Å². The van der Waals surface area contributed by atoms with Crippen LogP contribution in [0.15, 0.2) is 23.2 Å². The van der Waals surface area contributed by atoms with Crippen LogP contribution in [-0.2, 0) is 9.47 Å². The molecule has 2 saturated heterocycles. The van der Waals surface area contributed by atoms with Gasteiger partial charge in [-0.2, -0.15) is 0 Å². The standard InChI is InChI=1S/C21H32F2N4O2/c1-2-24-21(25-9-4-11-28-14-16-8-12-29-15-16)26-17-7-10-27(13-17)20-18(22)5-3-6-19(20)23/h3,5-6,16-17H,2,4,7-15H2,1H3,(H2,24,25,26). The zero-order valence-corrected chi connectivity index (χ0v) is 17.1. The Bertz CT molecular complexity index is 648. The van der Waals surface area contributed by atoms with Crippen LogP contribution in [0, 0.1) is 17.6 Å². The summed E-state index contributed by atoms with van der Waals surface area (Å²) >= 11 is 0. The average Bonchev–Trinajstić information content (AvgIpc) is 3.37. The molecular formula is C21H32F2N4O2. The maximum absolute atomic E-state index is 14.0. The lowest BCUT2D eigenvalue weighted by Crippen LogP contribution is -2.44. The first-order valence-electron chi connectivity index (χ1n) is 10.6. The molecule has 2 aliphatic rings. The summed E-state index contributed by atoms with van der Waals surface area (Å²) < 4.78 is 39.1. The number of para-hydroxylation sites is 1. The molecule has 2 unspecified atom stereocenters. The summed E-state index contributed by atoms with van der Waals surface area (Å²) in [7, 11) is 0. The van der Waals surface area contributed by atoms with Gasteiger partial charge in [-0.3, -0.25) is 4.99 Å². The van der Waals surface area contributed by atoms with Gasteiger partial charge in [-0.05, 0) is 38.3 Å². The lowest BCUT2D eigenvalue weighted by molar-refractivity contribution is 0.0893. The Labute approximate surface area is 171 Å². The van der Waals surface area contributed by atoms with E-state index in [1.807, 2.05) is 6.92 Å². The van der Waals surface area contributed by atoms with Gasteiger partial charge in [-0.15, -0.1) is 0 Å².